The monoisotopic (exact) mass is 295 g/mol. The zero-order valence-corrected chi connectivity index (χ0v) is 12.2. The van der Waals surface area contributed by atoms with Crippen LogP contribution in [0.15, 0.2) is 23.1 Å². The summed E-state index contributed by atoms with van der Waals surface area (Å²) in [5, 5.41) is 9.70. The number of benzene rings is 1. The van der Waals surface area contributed by atoms with Crippen LogP contribution in [0, 0.1) is 0 Å². The molecule has 1 aromatic carbocycles. The molecule has 100 valence electrons. The van der Waals surface area contributed by atoms with Gasteiger partial charge in [0.25, 0.3) is 5.91 Å². The van der Waals surface area contributed by atoms with Gasteiger partial charge in [-0.3, -0.25) is 9.69 Å². The van der Waals surface area contributed by atoms with Crippen molar-refractivity contribution in [3.05, 3.63) is 28.7 Å². The summed E-state index contributed by atoms with van der Waals surface area (Å²) in [6.07, 6.45) is 1.72. The summed E-state index contributed by atoms with van der Waals surface area (Å²) in [4.78, 5) is 14.1. The first-order valence-corrected chi connectivity index (χ1v) is 6.91. The third kappa shape index (κ3) is 2.74. The average Bonchev–Trinajstić information content (AvgIpc) is 2.64. The molecule has 0 aliphatic carbocycles. The Hall–Kier alpha value is -1.53. The third-order valence-corrected chi connectivity index (χ3v) is 4.07. The highest BCUT2D eigenvalue weighted by Crippen LogP contribution is 2.34. The molecule has 1 saturated heterocycles. The molecule has 2 rings (SSSR count). The lowest BCUT2D eigenvalue weighted by Crippen LogP contribution is -2.27. The molecular formula is C13H13NO3S2. The predicted octanol–water partition coefficient (Wildman–Crippen LogP) is 2.62. The van der Waals surface area contributed by atoms with E-state index in [1.807, 2.05) is 6.92 Å². The van der Waals surface area contributed by atoms with Gasteiger partial charge in [-0.2, -0.15) is 0 Å². The number of nitrogens with zero attached hydrogens (tertiary/aromatic N) is 1. The number of hydrogen-bond acceptors (Lipinski definition) is 5. The summed E-state index contributed by atoms with van der Waals surface area (Å²) in [7, 11) is 1.49. The van der Waals surface area contributed by atoms with Crippen LogP contribution in [-0.4, -0.2) is 33.9 Å². The minimum atomic E-state index is -0.0900. The molecular weight excluding hydrogens is 282 g/mol. The molecule has 1 aliphatic heterocycles. The standard InChI is InChI=1S/C13H13NO3S2/c1-3-14-12(16)11(19-13(14)18)7-8-4-5-10(17-2)9(15)6-8/h4-7,15H,3H2,1-2H3/b11-7+. The number of carbonyl (C=O) groups is 1. The number of aromatic hydroxyl groups is 1. The molecule has 1 aliphatic rings. The maximum atomic E-state index is 12.0. The van der Waals surface area contributed by atoms with Crippen LogP contribution >= 0.6 is 24.0 Å². The number of rotatable bonds is 3. The molecule has 0 saturated carbocycles. The first kappa shape index (κ1) is 13.9. The lowest BCUT2D eigenvalue weighted by atomic mass is 10.2. The van der Waals surface area contributed by atoms with Gasteiger partial charge in [0, 0.05) is 6.54 Å². The highest BCUT2D eigenvalue weighted by atomic mass is 32.2. The largest absolute Gasteiger partial charge is 0.504 e. The van der Waals surface area contributed by atoms with E-state index in [0.717, 1.165) is 5.56 Å². The van der Waals surface area contributed by atoms with Crippen LogP contribution in [0.3, 0.4) is 0 Å². The minimum Gasteiger partial charge on any atom is -0.504 e. The van der Waals surface area contributed by atoms with E-state index < -0.39 is 0 Å². The van der Waals surface area contributed by atoms with Crippen LogP contribution in [0.25, 0.3) is 6.08 Å². The summed E-state index contributed by atoms with van der Waals surface area (Å²) in [5.41, 5.74) is 0.731. The lowest BCUT2D eigenvalue weighted by Gasteiger charge is -2.09. The Morgan fingerprint density at radius 1 is 1.53 bits per heavy atom. The Morgan fingerprint density at radius 2 is 2.26 bits per heavy atom. The number of phenolic OH excluding ortho intramolecular Hbond substituents is 1. The molecule has 4 nitrogen and oxygen atoms in total. The van der Waals surface area contributed by atoms with Gasteiger partial charge in [0.15, 0.2) is 11.5 Å². The number of methoxy groups -OCH3 is 1. The second kappa shape index (κ2) is 5.63. The summed E-state index contributed by atoms with van der Waals surface area (Å²) in [6, 6.07) is 4.98. The quantitative estimate of drug-likeness (QED) is 0.686. The molecule has 1 fully saturated rings. The zero-order chi connectivity index (χ0) is 14.0. The van der Waals surface area contributed by atoms with Crippen molar-refractivity contribution >= 4 is 40.3 Å². The van der Waals surface area contributed by atoms with Gasteiger partial charge < -0.3 is 9.84 Å². The molecule has 0 radical (unpaired) electrons. The van der Waals surface area contributed by atoms with Gasteiger partial charge in [-0.15, -0.1) is 0 Å². The first-order chi connectivity index (χ1) is 9.06. The Balaban J connectivity index is 2.30. The minimum absolute atomic E-state index is 0.0437. The summed E-state index contributed by atoms with van der Waals surface area (Å²) in [5.74, 6) is 0.355. The Morgan fingerprint density at radius 3 is 2.79 bits per heavy atom. The fraction of sp³-hybridized carbons (Fsp3) is 0.231. The number of ether oxygens (including phenoxy) is 1. The van der Waals surface area contributed by atoms with Gasteiger partial charge >= 0.3 is 0 Å². The third-order valence-electron chi connectivity index (χ3n) is 2.69. The molecule has 0 spiro atoms. The normalized spacial score (nSPS) is 17.4. The molecule has 1 N–H and O–H groups in total. The smallest absolute Gasteiger partial charge is 0.266 e. The van der Waals surface area contributed by atoms with E-state index in [-0.39, 0.29) is 11.7 Å². The molecule has 0 aromatic heterocycles. The molecule has 0 bridgehead atoms. The Bertz CT molecular complexity index is 569. The summed E-state index contributed by atoms with van der Waals surface area (Å²) in [6.45, 7) is 2.45. The van der Waals surface area contributed by atoms with E-state index in [9.17, 15) is 9.90 Å². The van der Waals surface area contributed by atoms with Crippen molar-refractivity contribution in [2.45, 2.75) is 6.92 Å². The van der Waals surface area contributed by atoms with Crippen LogP contribution in [-0.2, 0) is 4.79 Å². The van der Waals surface area contributed by atoms with E-state index >= 15 is 0 Å². The highest BCUT2D eigenvalue weighted by molar-refractivity contribution is 8.26. The number of carbonyl (C=O) groups excluding carboxylic acids is 1. The molecule has 0 unspecified atom stereocenters. The van der Waals surface area contributed by atoms with E-state index in [4.69, 9.17) is 17.0 Å². The van der Waals surface area contributed by atoms with Crippen molar-refractivity contribution in [3.8, 4) is 11.5 Å². The van der Waals surface area contributed by atoms with E-state index in [2.05, 4.69) is 0 Å². The summed E-state index contributed by atoms with van der Waals surface area (Å²) < 4.78 is 5.54. The SMILES string of the molecule is CCN1C(=O)/C(=C\c2ccc(OC)c(O)c2)SC1=S. The van der Waals surface area contributed by atoms with Crippen molar-refractivity contribution in [1.82, 2.24) is 4.90 Å². The fourth-order valence-electron chi connectivity index (χ4n) is 1.72. The number of phenols is 1. The second-order valence-corrected chi connectivity index (χ2v) is 5.53. The zero-order valence-electron chi connectivity index (χ0n) is 10.5. The number of hydrogen-bond donors (Lipinski definition) is 1. The van der Waals surface area contributed by atoms with Crippen molar-refractivity contribution in [2.24, 2.45) is 0 Å². The predicted molar refractivity (Wildman–Crippen MR) is 80.2 cm³/mol. The van der Waals surface area contributed by atoms with Crippen molar-refractivity contribution in [2.75, 3.05) is 13.7 Å². The molecule has 1 amide bonds. The number of thiocarbonyl (C=S) groups is 1. The van der Waals surface area contributed by atoms with E-state index in [1.165, 1.54) is 18.9 Å². The van der Waals surface area contributed by atoms with Crippen molar-refractivity contribution in [1.29, 1.82) is 0 Å². The Kier molecular flexibility index (Phi) is 4.11. The molecule has 6 heteroatoms. The van der Waals surface area contributed by atoms with Crippen LogP contribution in [0.2, 0.25) is 0 Å². The van der Waals surface area contributed by atoms with Crippen molar-refractivity contribution < 1.29 is 14.6 Å². The van der Waals surface area contributed by atoms with Gasteiger partial charge in [-0.1, -0.05) is 30.0 Å². The molecule has 1 heterocycles. The maximum Gasteiger partial charge on any atom is 0.266 e. The summed E-state index contributed by atoms with van der Waals surface area (Å²) >= 11 is 6.41. The van der Waals surface area contributed by atoms with Crippen LogP contribution in [0.4, 0.5) is 0 Å². The van der Waals surface area contributed by atoms with Gasteiger partial charge in [-0.05, 0) is 30.7 Å². The number of likely N-dealkylation sites (N-methyl/N-ethyl adjacent to an activating group) is 1. The average molecular weight is 295 g/mol. The Labute approximate surface area is 121 Å². The fourth-order valence-corrected chi connectivity index (χ4v) is 3.11. The second-order valence-electron chi connectivity index (χ2n) is 3.86. The van der Waals surface area contributed by atoms with Gasteiger partial charge in [0.2, 0.25) is 0 Å². The molecule has 19 heavy (non-hydrogen) atoms. The van der Waals surface area contributed by atoms with Gasteiger partial charge in [0.05, 0.1) is 12.0 Å². The van der Waals surface area contributed by atoms with E-state index in [0.29, 0.717) is 21.5 Å². The van der Waals surface area contributed by atoms with Crippen LogP contribution in [0.1, 0.15) is 12.5 Å². The number of amides is 1. The number of thioether (sulfide) groups is 1. The maximum absolute atomic E-state index is 12.0. The highest BCUT2D eigenvalue weighted by Gasteiger charge is 2.30. The lowest BCUT2D eigenvalue weighted by molar-refractivity contribution is -0.121. The van der Waals surface area contributed by atoms with Crippen LogP contribution < -0.4 is 4.74 Å². The topological polar surface area (TPSA) is 49.8 Å². The van der Waals surface area contributed by atoms with Crippen LogP contribution in [0.5, 0.6) is 11.5 Å². The molecule has 1 aromatic rings. The first-order valence-electron chi connectivity index (χ1n) is 5.69. The van der Waals surface area contributed by atoms with Gasteiger partial charge in [-0.25, -0.2) is 0 Å². The van der Waals surface area contributed by atoms with Gasteiger partial charge in [0.1, 0.15) is 4.32 Å². The van der Waals surface area contributed by atoms with E-state index in [1.54, 1.807) is 29.2 Å². The molecule has 0 atom stereocenters. The van der Waals surface area contributed by atoms with Crippen molar-refractivity contribution in [3.63, 3.8) is 0 Å².